The Morgan fingerprint density at radius 3 is 2.26 bits per heavy atom. The average molecular weight is 387 g/mol. The van der Waals surface area contributed by atoms with Gasteiger partial charge in [0.25, 0.3) is 0 Å². The minimum Gasteiger partial charge on any atom is -0.497 e. The van der Waals surface area contributed by atoms with Gasteiger partial charge in [0.15, 0.2) is 0 Å². The van der Waals surface area contributed by atoms with Crippen LogP contribution in [0.1, 0.15) is 0 Å². The van der Waals surface area contributed by atoms with Gasteiger partial charge in [-0.15, -0.1) is 0 Å². The molecule has 2 N–H and O–H groups in total. The zero-order valence-corrected chi connectivity index (χ0v) is 15.9. The standard InChI is InChI=1S/C19H19ClN4O3/c1-25-13-6-4-12(5-7-13)22-19-21-9-8-18(24-19)23-15-11-16(26-2)14(20)10-17(15)27-3/h4-11H,1-3H3,(H2,21,22,23,24). The molecule has 0 spiro atoms. The molecule has 3 rings (SSSR count). The van der Waals surface area contributed by atoms with Crippen molar-refractivity contribution in [3.8, 4) is 17.2 Å². The van der Waals surface area contributed by atoms with Crippen LogP contribution in [0.5, 0.6) is 17.2 Å². The van der Waals surface area contributed by atoms with E-state index in [0.29, 0.717) is 34.0 Å². The summed E-state index contributed by atoms with van der Waals surface area (Å²) in [7, 11) is 4.75. The topological polar surface area (TPSA) is 77.5 Å². The molecule has 1 aromatic heterocycles. The number of methoxy groups -OCH3 is 3. The molecule has 3 aromatic rings. The predicted molar refractivity (Wildman–Crippen MR) is 106 cm³/mol. The van der Waals surface area contributed by atoms with Crippen molar-refractivity contribution in [2.24, 2.45) is 0 Å². The lowest BCUT2D eigenvalue weighted by atomic mass is 10.2. The highest BCUT2D eigenvalue weighted by Gasteiger charge is 2.11. The van der Waals surface area contributed by atoms with E-state index < -0.39 is 0 Å². The number of nitrogens with zero attached hydrogens (tertiary/aromatic N) is 2. The number of aromatic nitrogens is 2. The summed E-state index contributed by atoms with van der Waals surface area (Å²) in [5.74, 6) is 2.92. The third-order valence-electron chi connectivity index (χ3n) is 3.74. The number of halogens is 1. The van der Waals surface area contributed by atoms with Crippen LogP contribution in [0.25, 0.3) is 0 Å². The van der Waals surface area contributed by atoms with E-state index in [4.69, 9.17) is 25.8 Å². The normalized spacial score (nSPS) is 10.2. The fourth-order valence-corrected chi connectivity index (χ4v) is 2.62. The Morgan fingerprint density at radius 2 is 1.59 bits per heavy atom. The Kier molecular flexibility index (Phi) is 5.83. The third kappa shape index (κ3) is 4.51. The molecule has 0 aliphatic heterocycles. The molecule has 0 bridgehead atoms. The number of hydrogen-bond acceptors (Lipinski definition) is 7. The number of nitrogens with one attached hydrogen (secondary N) is 2. The van der Waals surface area contributed by atoms with Crippen LogP contribution in [-0.2, 0) is 0 Å². The highest BCUT2D eigenvalue weighted by Crippen LogP contribution is 2.37. The molecule has 8 heteroatoms. The van der Waals surface area contributed by atoms with Crippen LogP contribution >= 0.6 is 11.6 Å². The molecule has 7 nitrogen and oxygen atoms in total. The molecule has 2 aromatic carbocycles. The average Bonchev–Trinajstić information content (AvgIpc) is 2.70. The molecule has 140 valence electrons. The smallest absolute Gasteiger partial charge is 0.229 e. The van der Waals surface area contributed by atoms with E-state index in [0.717, 1.165) is 11.4 Å². The minimum atomic E-state index is 0.449. The maximum Gasteiger partial charge on any atom is 0.229 e. The predicted octanol–water partition coefficient (Wildman–Crippen LogP) is 4.64. The van der Waals surface area contributed by atoms with E-state index in [2.05, 4.69) is 20.6 Å². The molecule has 0 fully saturated rings. The third-order valence-corrected chi connectivity index (χ3v) is 4.03. The molecule has 0 aliphatic rings. The first-order valence-electron chi connectivity index (χ1n) is 8.05. The SMILES string of the molecule is COc1ccc(Nc2nccc(Nc3cc(OC)c(Cl)cc3OC)n2)cc1. The molecule has 0 unspecified atom stereocenters. The number of rotatable bonds is 7. The zero-order valence-electron chi connectivity index (χ0n) is 15.1. The lowest BCUT2D eigenvalue weighted by Crippen LogP contribution is -2.02. The first kappa shape index (κ1) is 18.6. The highest BCUT2D eigenvalue weighted by atomic mass is 35.5. The summed E-state index contributed by atoms with van der Waals surface area (Å²) in [5, 5.41) is 6.80. The van der Waals surface area contributed by atoms with Gasteiger partial charge in [-0.2, -0.15) is 4.98 Å². The number of hydrogen-bond donors (Lipinski definition) is 2. The van der Waals surface area contributed by atoms with Crippen molar-refractivity contribution in [3.63, 3.8) is 0 Å². The summed E-state index contributed by atoms with van der Waals surface area (Å²) in [6.45, 7) is 0. The Morgan fingerprint density at radius 1 is 0.852 bits per heavy atom. The van der Waals surface area contributed by atoms with Gasteiger partial charge in [0, 0.05) is 24.0 Å². The maximum absolute atomic E-state index is 6.14. The first-order chi connectivity index (χ1) is 13.1. The second-order valence-corrected chi connectivity index (χ2v) is 5.84. The van der Waals surface area contributed by atoms with E-state index in [1.165, 1.54) is 0 Å². The van der Waals surface area contributed by atoms with Crippen molar-refractivity contribution in [1.82, 2.24) is 9.97 Å². The summed E-state index contributed by atoms with van der Waals surface area (Å²) >= 11 is 6.14. The van der Waals surface area contributed by atoms with Gasteiger partial charge in [-0.1, -0.05) is 11.6 Å². The second kappa shape index (κ2) is 8.46. The molecule has 1 heterocycles. The summed E-state index contributed by atoms with van der Waals surface area (Å²) in [5.41, 5.74) is 1.52. The molecule has 0 amide bonds. The fraction of sp³-hybridized carbons (Fsp3) is 0.158. The van der Waals surface area contributed by atoms with E-state index >= 15 is 0 Å². The van der Waals surface area contributed by atoms with Crippen molar-refractivity contribution < 1.29 is 14.2 Å². The van der Waals surface area contributed by atoms with E-state index in [1.54, 1.807) is 45.7 Å². The van der Waals surface area contributed by atoms with Gasteiger partial charge in [-0.25, -0.2) is 4.98 Å². The molecule has 0 radical (unpaired) electrons. The van der Waals surface area contributed by atoms with E-state index in [1.807, 2.05) is 24.3 Å². The summed E-state index contributed by atoms with van der Waals surface area (Å²) < 4.78 is 15.8. The van der Waals surface area contributed by atoms with Gasteiger partial charge in [-0.3, -0.25) is 0 Å². The molecular weight excluding hydrogens is 368 g/mol. The minimum absolute atomic E-state index is 0.449. The van der Waals surface area contributed by atoms with Crippen molar-refractivity contribution in [1.29, 1.82) is 0 Å². The summed E-state index contributed by atoms with van der Waals surface area (Å²) in [6, 6.07) is 12.7. The van der Waals surface area contributed by atoms with Gasteiger partial charge >= 0.3 is 0 Å². The van der Waals surface area contributed by atoms with Crippen molar-refractivity contribution in [2.75, 3.05) is 32.0 Å². The van der Waals surface area contributed by atoms with Crippen LogP contribution in [0.15, 0.2) is 48.7 Å². The Balaban J connectivity index is 1.81. The Bertz CT molecular complexity index is 919. The van der Waals surface area contributed by atoms with Gasteiger partial charge in [0.2, 0.25) is 5.95 Å². The van der Waals surface area contributed by atoms with Crippen LogP contribution in [0.2, 0.25) is 5.02 Å². The van der Waals surface area contributed by atoms with Gasteiger partial charge in [-0.05, 0) is 30.3 Å². The van der Waals surface area contributed by atoms with Crippen molar-refractivity contribution >= 4 is 34.7 Å². The zero-order chi connectivity index (χ0) is 19.2. The van der Waals surface area contributed by atoms with Crippen molar-refractivity contribution in [3.05, 3.63) is 53.7 Å². The summed E-state index contributed by atoms with van der Waals surface area (Å²) in [6.07, 6.45) is 1.65. The van der Waals surface area contributed by atoms with Crippen LogP contribution in [0.4, 0.5) is 23.1 Å². The van der Waals surface area contributed by atoms with Gasteiger partial charge in [0.05, 0.1) is 32.0 Å². The quantitative estimate of drug-likeness (QED) is 0.612. The lowest BCUT2D eigenvalue weighted by molar-refractivity contribution is 0.405. The van der Waals surface area contributed by atoms with E-state index in [9.17, 15) is 0 Å². The number of ether oxygens (including phenoxy) is 3. The van der Waals surface area contributed by atoms with Crippen LogP contribution in [0, 0.1) is 0 Å². The molecule has 0 atom stereocenters. The molecular formula is C19H19ClN4O3. The van der Waals surface area contributed by atoms with Crippen LogP contribution < -0.4 is 24.8 Å². The van der Waals surface area contributed by atoms with E-state index in [-0.39, 0.29) is 0 Å². The lowest BCUT2D eigenvalue weighted by Gasteiger charge is -2.14. The van der Waals surface area contributed by atoms with Gasteiger partial charge in [0.1, 0.15) is 23.1 Å². The molecule has 0 saturated carbocycles. The molecule has 0 aliphatic carbocycles. The van der Waals surface area contributed by atoms with Crippen LogP contribution in [-0.4, -0.2) is 31.3 Å². The van der Waals surface area contributed by atoms with Gasteiger partial charge < -0.3 is 24.8 Å². The van der Waals surface area contributed by atoms with Crippen LogP contribution in [0.3, 0.4) is 0 Å². The highest BCUT2D eigenvalue weighted by molar-refractivity contribution is 6.32. The fourth-order valence-electron chi connectivity index (χ4n) is 2.39. The number of benzene rings is 2. The summed E-state index contributed by atoms with van der Waals surface area (Å²) in [4.78, 5) is 8.70. The van der Waals surface area contributed by atoms with Crippen molar-refractivity contribution in [2.45, 2.75) is 0 Å². The molecule has 27 heavy (non-hydrogen) atoms. The second-order valence-electron chi connectivity index (χ2n) is 5.43. The first-order valence-corrected chi connectivity index (χ1v) is 8.43. The Labute approximate surface area is 162 Å². The largest absolute Gasteiger partial charge is 0.497 e. The maximum atomic E-state index is 6.14. The monoisotopic (exact) mass is 386 g/mol. The Hall–Kier alpha value is -3.19. The molecule has 0 saturated heterocycles. The number of anilines is 4.